The minimum atomic E-state index is -1.45. The number of piperidine rings is 1. The molecule has 1 aromatic heterocycles. The number of H-pyrrole nitrogens is 1. The first-order chi connectivity index (χ1) is 13.0. The normalized spacial score (nSPS) is 14.2. The van der Waals surface area contributed by atoms with Crippen molar-refractivity contribution in [3.63, 3.8) is 0 Å². The third kappa shape index (κ3) is 3.49. The van der Waals surface area contributed by atoms with Gasteiger partial charge in [-0.3, -0.25) is 4.79 Å². The largest absolute Gasteiger partial charge is 0.506 e. The Hall–Kier alpha value is -2.96. The van der Waals surface area contributed by atoms with Crippen LogP contribution in [0.4, 0.5) is 5.69 Å². The Morgan fingerprint density at radius 2 is 1.96 bits per heavy atom. The molecule has 3 rings (SSSR count). The van der Waals surface area contributed by atoms with Gasteiger partial charge in [-0.25, -0.2) is 4.79 Å². The third-order valence-electron chi connectivity index (χ3n) is 5.02. The van der Waals surface area contributed by atoms with Gasteiger partial charge in [0.1, 0.15) is 11.5 Å². The van der Waals surface area contributed by atoms with Crippen LogP contribution in [0.15, 0.2) is 23.0 Å². The predicted molar refractivity (Wildman–Crippen MR) is 103 cm³/mol. The Morgan fingerprint density at radius 3 is 2.56 bits per heavy atom. The standard InChI is InChI=1S/C20H24N2O5/c1-3-13-17(21-19(24)16(18(13)23)20(25)26)12-7-8-14(15(11-12)27-2)22-9-5-4-6-10-22/h7-8,11H,3-6,9-10H2,1-2H3,(H,25,26)(H2,21,23,24). The quantitative estimate of drug-likeness (QED) is 0.746. The van der Waals surface area contributed by atoms with Gasteiger partial charge in [0.25, 0.3) is 5.56 Å². The first-order valence-corrected chi connectivity index (χ1v) is 9.12. The smallest absolute Gasteiger partial charge is 0.345 e. The molecule has 2 heterocycles. The number of aromatic nitrogens is 1. The van der Waals surface area contributed by atoms with Gasteiger partial charge in [-0.2, -0.15) is 0 Å². The van der Waals surface area contributed by atoms with Crippen molar-refractivity contribution in [1.82, 2.24) is 4.98 Å². The van der Waals surface area contributed by atoms with Gasteiger partial charge < -0.3 is 24.8 Å². The van der Waals surface area contributed by atoms with E-state index in [2.05, 4.69) is 9.88 Å². The molecule has 1 saturated heterocycles. The van der Waals surface area contributed by atoms with Crippen molar-refractivity contribution in [3.8, 4) is 22.8 Å². The average Bonchev–Trinajstić information content (AvgIpc) is 2.67. The number of carboxylic acids is 1. The number of hydrogen-bond acceptors (Lipinski definition) is 5. The highest BCUT2D eigenvalue weighted by atomic mass is 16.5. The fraction of sp³-hybridized carbons (Fsp3) is 0.400. The molecule has 0 atom stereocenters. The molecule has 1 aliphatic rings. The molecule has 1 fully saturated rings. The van der Waals surface area contributed by atoms with Gasteiger partial charge >= 0.3 is 5.97 Å². The zero-order chi connectivity index (χ0) is 19.6. The average molecular weight is 372 g/mol. The number of nitrogens with one attached hydrogen (secondary N) is 1. The number of methoxy groups -OCH3 is 1. The second-order valence-corrected chi connectivity index (χ2v) is 6.62. The Morgan fingerprint density at radius 1 is 1.26 bits per heavy atom. The van der Waals surface area contributed by atoms with Gasteiger partial charge in [0.05, 0.1) is 18.5 Å². The molecule has 144 valence electrons. The number of carbonyl (C=O) groups is 1. The summed E-state index contributed by atoms with van der Waals surface area (Å²) in [7, 11) is 1.60. The molecule has 0 saturated carbocycles. The Balaban J connectivity index is 2.11. The number of nitrogens with zero attached hydrogens (tertiary/aromatic N) is 1. The summed E-state index contributed by atoms with van der Waals surface area (Å²) >= 11 is 0. The predicted octanol–water partition coefficient (Wildman–Crippen LogP) is 3.01. The van der Waals surface area contributed by atoms with Gasteiger partial charge in [0, 0.05) is 24.2 Å². The molecule has 1 aromatic carbocycles. The number of benzene rings is 1. The van der Waals surface area contributed by atoms with E-state index in [9.17, 15) is 19.8 Å². The van der Waals surface area contributed by atoms with Gasteiger partial charge in [-0.15, -0.1) is 0 Å². The van der Waals surface area contributed by atoms with Gasteiger partial charge in [-0.1, -0.05) is 13.0 Å². The van der Waals surface area contributed by atoms with E-state index in [0.717, 1.165) is 31.6 Å². The zero-order valence-corrected chi connectivity index (χ0v) is 15.5. The van der Waals surface area contributed by atoms with Crippen LogP contribution in [0.3, 0.4) is 0 Å². The van der Waals surface area contributed by atoms with Crippen molar-refractivity contribution < 1.29 is 19.7 Å². The van der Waals surface area contributed by atoms with E-state index in [4.69, 9.17) is 4.74 Å². The van der Waals surface area contributed by atoms with Crippen LogP contribution in [0.1, 0.15) is 42.1 Å². The summed E-state index contributed by atoms with van der Waals surface area (Å²) in [5.74, 6) is -1.25. The number of aromatic hydroxyl groups is 1. The van der Waals surface area contributed by atoms with Gasteiger partial charge in [-0.05, 0) is 37.8 Å². The molecule has 0 amide bonds. The molecular weight excluding hydrogens is 348 g/mol. The highest BCUT2D eigenvalue weighted by Crippen LogP contribution is 2.36. The van der Waals surface area contributed by atoms with E-state index < -0.39 is 22.8 Å². The maximum absolute atomic E-state index is 12.2. The number of ether oxygens (including phenoxy) is 1. The number of aromatic carboxylic acids is 1. The van der Waals surface area contributed by atoms with Crippen LogP contribution in [0, 0.1) is 0 Å². The van der Waals surface area contributed by atoms with Crippen molar-refractivity contribution in [2.45, 2.75) is 32.6 Å². The number of rotatable bonds is 5. The summed E-state index contributed by atoms with van der Waals surface area (Å²) in [5, 5.41) is 19.5. The molecule has 7 nitrogen and oxygen atoms in total. The summed E-state index contributed by atoms with van der Waals surface area (Å²) in [6.45, 7) is 3.74. The molecule has 0 aliphatic carbocycles. The van der Waals surface area contributed by atoms with Gasteiger partial charge in [0.2, 0.25) is 0 Å². The van der Waals surface area contributed by atoms with Crippen LogP contribution in [0.2, 0.25) is 0 Å². The molecule has 7 heteroatoms. The third-order valence-corrected chi connectivity index (χ3v) is 5.02. The minimum absolute atomic E-state index is 0.369. The lowest BCUT2D eigenvalue weighted by molar-refractivity contribution is 0.0691. The highest BCUT2D eigenvalue weighted by molar-refractivity contribution is 5.92. The Labute approximate surface area is 157 Å². The SMILES string of the molecule is CCc1c(-c2ccc(N3CCCCC3)c(OC)c2)[nH]c(=O)c(C(=O)O)c1O. The molecule has 1 aliphatic heterocycles. The summed E-state index contributed by atoms with van der Waals surface area (Å²) in [5.41, 5.74) is 0.994. The molecule has 0 radical (unpaired) electrons. The molecule has 0 unspecified atom stereocenters. The lowest BCUT2D eigenvalue weighted by Gasteiger charge is -2.30. The molecular formula is C20H24N2O5. The molecule has 27 heavy (non-hydrogen) atoms. The number of aromatic amines is 1. The number of carboxylic acid groups (broad SMARTS) is 1. The second-order valence-electron chi connectivity index (χ2n) is 6.62. The number of anilines is 1. The van der Waals surface area contributed by atoms with Crippen molar-refractivity contribution in [2.75, 3.05) is 25.1 Å². The van der Waals surface area contributed by atoms with Crippen molar-refractivity contribution in [1.29, 1.82) is 0 Å². The maximum Gasteiger partial charge on any atom is 0.345 e. The summed E-state index contributed by atoms with van der Waals surface area (Å²) in [6.07, 6.45) is 3.88. The van der Waals surface area contributed by atoms with Crippen LogP contribution in [-0.4, -0.2) is 41.4 Å². The number of pyridine rings is 1. The molecule has 2 aromatic rings. The fourth-order valence-electron chi connectivity index (χ4n) is 3.65. The second kappa shape index (κ2) is 7.73. The Kier molecular flexibility index (Phi) is 5.39. The van der Waals surface area contributed by atoms with Crippen molar-refractivity contribution >= 4 is 11.7 Å². The monoisotopic (exact) mass is 372 g/mol. The first kappa shape index (κ1) is 18.8. The van der Waals surface area contributed by atoms with Crippen LogP contribution >= 0.6 is 0 Å². The lowest BCUT2D eigenvalue weighted by Crippen LogP contribution is -2.29. The van der Waals surface area contributed by atoms with Crippen LogP contribution in [-0.2, 0) is 6.42 Å². The first-order valence-electron chi connectivity index (χ1n) is 9.12. The van der Waals surface area contributed by atoms with Crippen LogP contribution in [0.5, 0.6) is 11.5 Å². The fourth-order valence-corrected chi connectivity index (χ4v) is 3.65. The van der Waals surface area contributed by atoms with E-state index in [0.29, 0.717) is 29.0 Å². The molecule has 3 N–H and O–H groups in total. The zero-order valence-electron chi connectivity index (χ0n) is 15.5. The molecule has 0 spiro atoms. The van der Waals surface area contributed by atoms with Crippen LogP contribution < -0.4 is 15.2 Å². The van der Waals surface area contributed by atoms with E-state index >= 15 is 0 Å². The summed E-state index contributed by atoms with van der Waals surface area (Å²) in [6, 6.07) is 5.62. The molecule has 0 bridgehead atoms. The summed E-state index contributed by atoms with van der Waals surface area (Å²) < 4.78 is 5.57. The van der Waals surface area contributed by atoms with Gasteiger partial charge in [0.15, 0.2) is 5.56 Å². The lowest BCUT2D eigenvalue weighted by atomic mass is 9.99. The number of hydrogen-bond donors (Lipinski definition) is 3. The van der Waals surface area contributed by atoms with Crippen molar-refractivity contribution in [3.05, 3.63) is 39.7 Å². The van der Waals surface area contributed by atoms with E-state index in [-0.39, 0.29) is 0 Å². The topological polar surface area (TPSA) is 103 Å². The van der Waals surface area contributed by atoms with Crippen molar-refractivity contribution in [2.24, 2.45) is 0 Å². The minimum Gasteiger partial charge on any atom is -0.506 e. The van der Waals surface area contributed by atoms with Crippen LogP contribution in [0.25, 0.3) is 11.3 Å². The summed E-state index contributed by atoms with van der Waals surface area (Å²) in [4.78, 5) is 28.3. The highest BCUT2D eigenvalue weighted by Gasteiger charge is 2.23. The van der Waals surface area contributed by atoms with E-state index in [1.807, 2.05) is 18.2 Å². The Bertz CT molecular complexity index is 913. The maximum atomic E-state index is 12.2. The van der Waals surface area contributed by atoms with E-state index in [1.165, 1.54) is 6.42 Å². The van der Waals surface area contributed by atoms with E-state index in [1.54, 1.807) is 14.0 Å².